The molecule has 0 aliphatic carbocycles. The van der Waals surface area contributed by atoms with Gasteiger partial charge in [0.2, 0.25) is 0 Å². The van der Waals surface area contributed by atoms with Crippen molar-refractivity contribution in [1.29, 1.82) is 0 Å². The van der Waals surface area contributed by atoms with Crippen LogP contribution in [0.25, 0.3) is 11.1 Å². The molecule has 2 N–H and O–H groups in total. The Morgan fingerprint density at radius 2 is 1.50 bits per heavy atom. The standard InChI is InChI=1S/C14H14O2/c1-9-5-3-4-6-12(9)13-8-11(15)7-10(2)14(13)16/h3-8,15-16H,1-2H3. The maximum absolute atomic E-state index is 9.99. The van der Waals surface area contributed by atoms with E-state index in [2.05, 4.69) is 0 Å². The Hall–Kier alpha value is -1.96. The molecule has 16 heavy (non-hydrogen) atoms. The summed E-state index contributed by atoms with van der Waals surface area (Å²) in [5, 5.41) is 19.5. The summed E-state index contributed by atoms with van der Waals surface area (Å²) in [4.78, 5) is 0. The van der Waals surface area contributed by atoms with Gasteiger partial charge in [-0.1, -0.05) is 24.3 Å². The van der Waals surface area contributed by atoms with Gasteiger partial charge in [-0.25, -0.2) is 0 Å². The third kappa shape index (κ3) is 1.74. The van der Waals surface area contributed by atoms with Crippen molar-refractivity contribution in [2.75, 3.05) is 0 Å². The first-order chi connectivity index (χ1) is 7.59. The Morgan fingerprint density at radius 1 is 0.812 bits per heavy atom. The lowest BCUT2D eigenvalue weighted by atomic mass is 9.97. The second kappa shape index (κ2) is 3.89. The highest BCUT2D eigenvalue weighted by Gasteiger charge is 2.10. The van der Waals surface area contributed by atoms with Gasteiger partial charge in [0.05, 0.1) is 0 Å². The molecule has 0 aliphatic heterocycles. The van der Waals surface area contributed by atoms with Gasteiger partial charge in [0.25, 0.3) is 0 Å². The monoisotopic (exact) mass is 214 g/mol. The number of phenolic OH excluding ortho intramolecular Hbond substituents is 2. The van der Waals surface area contributed by atoms with Crippen LogP contribution in [0.2, 0.25) is 0 Å². The predicted molar refractivity (Wildman–Crippen MR) is 64.7 cm³/mol. The van der Waals surface area contributed by atoms with Crippen molar-refractivity contribution in [1.82, 2.24) is 0 Å². The van der Waals surface area contributed by atoms with E-state index in [1.54, 1.807) is 19.1 Å². The fraction of sp³-hybridized carbons (Fsp3) is 0.143. The highest BCUT2D eigenvalue weighted by Crippen LogP contribution is 2.36. The van der Waals surface area contributed by atoms with Crippen LogP contribution in [0.15, 0.2) is 36.4 Å². The number of benzene rings is 2. The number of aromatic hydroxyl groups is 2. The Morgan fingerprint density at radius 3 is 2.19 bits per heavy atom. The summed E-state index contributed by atoms with van der Waals surface area (Å²) in [5.74, 6) is 0.403. The Kier molecular flexibility index (Phi) is 2.57. The van der Waals surface area contributed by atoms with Crippen LogP contribution in [0.1, 0.15) is 11.1 Å². The number of hydrogen-bond acceptors (Lipinski definition) is 2. The predicted octanol–water partition coefficient (Wildman–Crippen LogP) is 3.38. The number of phenols is 2. The molecule has 0 bridgehead atoms. The summed E-state index contributed by atoms with van der Waals surface area (Å²) >= 11 is 0. The third-order valence-corrected chi connectivity index (χ3v) is 2.72. The lowest BCUT2D eigenvalue weighted by molar-refractivity contribution is 0.458. The van der Waals surface area contributed by atoms with Gasteiger partial charge in [0.15, 0.2) is 0 Å². The average Bonchev–Trinajstić information content (AvgIpc) is 2.24. The molecule has 0 saturated heterocycles. The van der Waals surface area contributed by atoms with E-state index < -0.39 is 0 Å². The molecule has 2 rings (SSSR count). The van der Waals surface area contributed by atoms with Gasteiger partial charge in [-0.15, -0.1) is 0 Å². The molecule has 0 aromatic heterocycles. The zero-order valence-electron chi connectivity index (χ0n) is 9.36. The molecule has 0 unspecified atom stereocenters. The second-order valence-electron chi connectivity index (χ2n) is 3.97. The minimum Gasteiger partial charge on any atom is -0.508 e. The maximum Gasteiger partial charge on any atom is 0.126 e. The van der Waals surface area contributed by atoms with E-state index in [1.807, 2.05) is 31.2 Å². The maximum atomic E-state index is 9.99. The van der Waals surface area contributed by atoms with Gasteiger partial charge in [-0.2, -0.15) is 0 Å². The first kappa shape index (κ1) is 10.6. The summed E-state index contributed by atoms with van der Waals surface area (Å²) in [6.45, 7) is 3.75. The normalized spacial score (nSPS) is 10.4. The number of hydrogen-bond donors (Lipinski definition) is 2. The van der Waals surface area contributed by atoms with Crippen LogP contribution in [0.5, 0.6) is 11.5 Å². The third-order valence-electron chi connectivity index (χ3n) is 2.72. The van der Waals surface area contributed by atoms with E-state index in [0.717, 1.165) is 11.1 Å². The number of aryl methyl sites for hydroxylation is 2. The van der Waals surface area contributed by atoms with E-state index in [-0.39, 0.29) is 11.5 Å². The second-order valence-corrected chi connectivity index (χ2v) is 3.97. The van der Waals surface area contributed by atoms with Crippen LogP contribution in [0.4, 0.5) is 0 Å². The van der Waals surface area contributed by atoms with Gasteiger partial charge in [-0.05, 0) is 42.7 Å². The van der Waals surface area contributed by atoms with E-state index in [1.165, 1.54) is 0 Å². The Balaban J connectivity index is 2.69. The van der Waals surface area contributed by atoms with Crippen molar-refractivity contribution in [3.05, 3.63) is 47.5 Å². The molecule has 0 aliphatic rings. The molecule has 82 valence electrons. The molecule has 0 spiro atoms. The molecule has 0 atom stereocenters. The zero-order valence-corrected chi connectivity index (χ0v) is 9.36. The molecule has 0 fully saturated rings. The first-order valence-corrected chi connectivity index (χ1v) is 5.18. The zero-order chi connectivity index (χ0) is 11.7. The van der Waals surface area contributed by atoms with Crippen molar-refractivity contribution >= 4 is 0 Å². The summed E-state index contributed by atoms with van der Waals surface area (Å²) in [6, 6.07) is 10.9. The van der Waals surface area contributed by atoms with Gasteiger partial charge in [0, 0.05) is 5.56 Å². The van der Waals surface area contributed by atoms with Gasteiger partial charge in [-0.3, -0.25) is 0 Å². The van der Waals surface area contributed by atoms with Crippen LogP contribution in [-0.2, 0) is 0 Å². The smallest absolute Gasteiger partial charge is 0.126 e. The molecule has 2 aromatic rings. The average molecular weight is 214 g/mol. The fourth-order valence-electron chi connectivity index (χ4n) is 1.84. The van der Waals surface area contributed by atoms with Crippen molar-refractivity contribution in [2.45, 2.75) is 13.8 Å². The first-order valence-electron chi connectivity index (χ1n) is 5.18. The van der Waals surface area contributed by atoms with Crippen molar-refractivity contribution in [3.8, 4) is 22.6 Å². The minimum absolute atomic E-state index is 0.175. The Labute approximate surface area is 94.8 Å². The van der Waals surface area contributed by atoms with E-state index >= 15 is 0 Å². The van der Waals surface area contributed by atoms with Gasteiger partial charge >= 0.3 is 0 Å². The molecule has 0 radical (unpaired) electrons. The lowest BCUT2D eigenvalue weighted by Crippen LogP contribution is -1.86. The van der Waals surface area contributed by atoms with Crippen LogP contribution < -0.4 is 0 Å². The van der Waals surface area contributed by atoms with Crippen molar-refractivity contribution in [2.24, 2.45) is 0 Å². The van der Waals surface area contributed by atoms with Crippen LogP contribution in [0.3, 0.4) is 0 Å². The largest absolute Gasteiger partial charge is 0.508 e. The summed E-state index contributed by atoms with van der Waals surface area (Å²) < 4.78 is 0. The lowest BCUT2D eigenvalue weighted by Gasteiger charge is -2.10. The summed E-state index contributed by atoms with van der Waals surface area (Å²) in [6.07, 6.45) is 0. The molecule has 0 amide bonds. The number of rotatable bonds is 1. The van der Waals surface area contributed by atoms with E-state index in [9.17, 15) is 10.2 Å². The molecule has 0 heterocycles. The topological polar surface area (TPSA) is 40.5 Å². The SMILES string of the molecule is Cc1ccccc1-c1cc(O)cc(C)c1O. The van der Waals surface area contributed by atoms with Crippen LogP contribution in [0, 0.1) is 13.8 Å². The van der Waals surface area contributed by atoms with Crippen LogP contribution >= 0.6 is 0 Å². The van der Waals surface area contributed by atoms with E-state index in [4.69, 9.17) is 0 Å². The molecular formula is C14H14O2. The fourth-order valence-corrected chi connectivity index (χ4v) is 1.84. The molecular weight excluding hydrogens is 200 g/mol. The summed E-state index contributed by atoms with van der Waals surface area (Å²) in [5.41, 5.74) is 3.37. The molecule has 2 aromatic carbocycles. The van der Waals surface area contributed by atoms with Gasteiger partial charge in [0.1, 0.15) is 11.5 Å². The highest BCUT2D eigenvalue weighted by atomic mass is 16.3. The van der Waals surface area contributed by atoms with Crippen molar-refractivity contribution < 1.29 is 10.2 Å². The Bertz CT molecular complexity index is 530. The van der Waals surface area contributed by atoms with Gasteiger partial charge < -0.3 is 10.2 Å². The molecule has 2 heteroatoms. The molecule has 2 nitrogen and oxygen atoms in total. The molecule has 0 saturated carbocycles. The quantitative estimate of drug-likeness (QED) is 0.714. The summed E-state index contributed by atoms with van der Waals surface area (Å²) in [7, 11) is 0. The minimum atomic E-state index is 0.175. The van der Waals surface area contributed by atoms with Crippen LogP contribution in [-0.4, -0.2) is 10.2 Å². The van der Waals surface area contributed by atoms with E-state index in [0.29, 0.717) is 11.1 Å². The van der Waals surface area contributed by atoms with Crippen molar-refractivity contribution in [3.63, 3.8) is 0 Å². The highest BCUT2D eigenvalue weighted by molar-refractivity contribution is 5.75.